The topological polar surface area (TPSA) is 89.8 Å². The van der Waals surface area contributed by atoms with E-state index in [1.54, 1.807) is 24.3 Å². The number of rotatable bonds is 3. The van der Waals surface area contributed by atoms with Crippen molar-refractivity contribution in [3.8, 4) is 5.75 Å². The Balaban J connectivity index is 2.09. The van der Waals surface area contributed by atoms with E-state index in [2.05, 4.69) is 0 Å². The highest BCUT2D eigenvalue weighted by Crippen LogP contribution is 2.34. The van der Waals surface area contributed by atoms with Crippen molar-refractivity contribution in [2.45, 2.75) is 11.3 Å². The molecule has 0 saturated heterocycles. The first-order valence-corrected chi connectivity index (χ1v) is 8.43. The van der Waals surface area contributed by atoms with Crippen LogP contribution in [0.2, 0.25) is 0 Å². The van der Waals surface area contributed by atoms with Gasteiger partial charge in [-0.1, -0.05) is 18.2 Å². The van der Waals surface area contributed by atoms with Crippen LogP contribution in [0, 0.1) is 10.1 Å². The minimum atomic E-state index is -3.91. The zero-order chi connectivity index (χ0) is 16.4. The van der Waals surface area contributed by atoms with Gasteiger partial charge in [0.1, 0.15) is 5.75 Å². The molecule has 2 aromatic rings. The predicted octanol–water partition coefficient (Wildman–Crippen LogP) is 2.57. The molecule has 0 unspecified atom stereocenters. The number of hydrogen-bond donors (Lipinski definition) is 0. The van der Waals surface area contributed by atoms with Gasteiger partial charge in [0.25, 0.3) is 15.7 Å². The summed E-state index contributed by atoms with van der Waals surface area (Å²) in [7, 11) is -3.91. The summed E-state index contributed by atoms with van der Waals surface area (Å²) in [5, 5.41) is 10.9. The molecule has 8 heteroatoms. The van der Waals surface area contributed by atoms with Gasteiger partial charge in [0.2, 0.25) is 0 Å². The average molecular weight is 334 g/mol. The summed E-state index contributed by atoms with van der Waals surface area (Å²) in [6.45, 7) is 0.667. The van der Waals surface area contributed by atoms with Gasteiger partial charge >= 0.3 is 0 Å². The number of benzene rings is 2. The molecule has 0 aromatic heterocycles. The first kappa shape index (κ1) is 15.3. The van der Waals surface area contributed by atoms with Crippen LogP contribution >= 0.6 is 0 Å². The van der Waals surface area contributed by atoms with Crippen molar-refractivity contribution < 1.29 is 18.1 Å². The quantitative estimate of drug-likeness (QED) is 0.635. The molecule has 0 atom stereocenters. The van der Waals surface area contributed by atoms with Crippen molar-refractivity contribution in [3.63, 3.8) is 0 Å². The Kier molecular flexibility index (Phi) is 3.91. The summed E-state index contributed by atoms with van der Waals surface area (Å²) in [6, 6.07) is 11.9. The zero-order valence-corrected chi connectivity index (χ0v) is 12.9. The largest absolute Gasteiger partial charge is 0.491 e. The van der Waals surface area contributed by atoms with E-state index >= 15 is 0 Å². The minimum Gasteiger partial charge on any atom is -0.491 e. The van der Waals surface area contributed by atoms with E-state index in [0.717, 1.165) is 6.07 Å². The summed E-state index contributed by atoms with van der Waals surface area (Å²) in [4.78, 5) is 10.2. The number of para-hydroxylation sites is 2. The van der Waals surface area contributed by atoms with Crippen molar-refractivity contribution in [3.05, 3.63) is 58.6 Å². The normalized spacial score (nSPS) is 14.5. The van der Waals surface area contributed by atoms with Crippen molar-refractivity contribution in [2.75, 3.05) is 17.5 Å². The van der Waals surface area contributed by atoms with Crippen molar-refractivity contribution in [1.29, 1.82) is 0 Å². The Morgan fingerprint density at radius 3 is 2.70 bits per heavy atom. The van der Waals surface area contributed by atoms with Gasteiger partial charge in [-0.15, -0.1) is 0 Å². The van der Waals surface area contributed by atoms with Gasteiger partial charge in [0.15, 0.2) is 0 Å². The molecule has 0 radical (unpaired) electrons. The van der Waals surface area contributed by atoms with Gasteiger partial charge in [-0.05, 0) is 18.2 Å². The molecule has 1 aliphatic heterocycles. The molecule has 0 saturated carbocycles. The fourth-order valence-corrected chi connectivity index (χ4v) is 3.98. The Bertz CT molecular complexity index is 850. The Hall–Kier alpha value is -2.61. The fourth-order valence-electron chi connectivity index (χ4n) is 2.43. The van der Waals surface area contributed by atoms with Crippen LogP contribution in [-0.2, 0) is 10.0 Å². The molecule has 1 aliphatic rings. The Labute approximate surface area is 133 Å². The molecule has 7 nitrogen and oxygen atoms in total. The van der Waals surface area contributed by atoms with Crippen LogP contribution in [0.1, 0.15) is 6.42 Å². The van der Waals surface area contributed by atoms with Crippen LogP contribution < -0.4 is 9.04 Å². The van der Waals surface area contributed by atoms with Crippen LogP contribution in [0.15, 0.2) is 53.4 Å². The van der Waals surface area contributed by atoms with Crippen molar-refractivity contribution >= 4 is 21.4 Å². The highest BCUT2D eigenvalue weighted by atomic mass is 32.2. The number of hydrogen-bond acceptors (Lipinski definition) is 5. The molecular formula is C15H14N2O5S. The molecule has 2 aromatic carbocycles. The number of nitro groups is 1. The minimum absolute atomic E-state index is 0.108. The average Bonchev–Trinajstić information content (AvgIpc) is 2.77. The first-order chi connectivity index (χ1) is 11.0. The van der Waals surface area contributed by atoms with Gasteiger partial charge in [0.05, 0.1) is 22.1 Å². The summed E-state index contributed by atoms with van der Waals surface area (Å²) >= 11 is 0. The smallest absolute Gasteiger partial charge is 0.270 e. The van der Waals surface area contributed by atoms with E-state index in [1.807, 2.05) is 0 Å². The van der Waals surface area contributed by atoms with Crippen LogP contribution in [0.3, 0.4) is 0 Å². The van der Waals surface area contributed by atoms with Gasteiger partial charge in [0, 0.05) is 25.1 Å². The van der Waals surface area contributed by atoms with Crippen molar-refractivity contribution in [1.82, 2.24) is 0 Å². The molecular weight excluding hydrogens is 320 g/mol. The van der Waals surface area contributed by atoms with Crippen LogP contribution in [-0.4, -0.2) is 26.5 Å². The number of ether oxygens (including phenoxy) is 1. The van der Waals surface area contributed by atoms with Crippen LogP contribution in [0.25, 0.3) is 0 Å². The zero-order valence-electron chi connectivity index (χ0n) is 12.1. The van der Waals surface area contributed by atoms with Crippen LogP contribution in [0.4, 0.5) is 11.4 Å². The number of anilines is 1. The maximum Gasteiger partial charge on any atom is 0.270 e. The fraction of sp³-hybridized carbons (Fsp3) is 0.200. The maximum absolute atomic E-state index is 12.9. The van der Waals surface area contributed by atoms with Crippen LogP contribution in [0.5, 0.6) is 5.75 Å². The Morgan fingerprint density at radius 2 is 1.91 bits per heavy atom. The molecule has 0 aliphatic carbocycles. The molecule has 120 valence electrons. The lowest BCUT2D eigenvalue weighted by Crippen LogP contribution is -2.31. The maximum atomic E-state index is 12.9. The van der Waals surface area contributed by atoms with Gasteiger partial charge < -0.3 is 4.74 Å². The predicted molar refractivity (Wildman–Crippen MR) is 84.2 cm³/mol. The van der Waals surface area contributed by atoms with E-state index in [1.165, 1.54) is 22.5 Å². The molecule has 0 spiro atoms. The monoisotopic (exact) mass is 334 g/mol. The Morgan fingerprint density at radius 1 is 1.13 bits per heavy atom. The third-order valence-electron chi connectivity index (χ3n) is 3.51. The van der Waals surface area contributed by atoms with E-state index < -0.39 is 14.9 Å². The number of non-ortho nitro benzene ring substituents is 1. The number of sulfonamides is 1. The second-order valence-corrected chi connectivity index (χ2v) is 6.86. The van der Waals surface area contributed by atoms with E-state index in [9.17, 15) is 18.5 Å². The van der Waals surface area contributed by atoms with Gasteiger partial charge in [-0.2, -0.15) is 0 Å². The third-order valence-corrected chi connectivity index (χ3v) is 5.32. The first-order valence-electron chi connectivity index (χ1n) is 6.99. The summed E-state index contributed by atoms with van der Waals surface area (Å²) in [5.74, 6) is 0.485. The molecule has 23 heavy (non-hydrogen) atoms. The number of nitro benzene ring substituents is 1. The van der Waals surface area contributed by atoms with E-state index in [0.29, 0.717) is 24.5 Å². The van der Waals surface area contributed by atoms with E-state index in [4.69, 9.17) is 4.74 Å². The van der Waals surface area contributed by atoms with Crippen molar-refractivity contribution in [2.24, 2.45) is 0 Å². The standard InChI is InChI=1S/C15H14N2O5S/c18-17(19)12-5-3-6-13(11-12)23(20,21)16-9-4-10-22-15-8-2-1-7-14(15)16/h1-3,5-8,11H,4,9-10H2. The molecule has 0 N–H and O–H groups in total. The molecule has 0 bridgehead atoms. The molecule has 0 fully saturated rings. The highest BCUT2D eigenvalue weighted by molar-refractivity contribution is 7.92. The molecule has 1 heterocycles. The third kappa shape index (κ3) is 2.85. The summed E-state index contributed by atoms with van der Waals surface area (Å²) in [5.41, 5.74) is 0.182. The van der Waals surface area contributed by atoms with Gasteiger partial charge in [-0.25, -0.2) is 8.42 Å². The van der Waals surface area contributed by atoms with Gasteiger partial charge in [-0.3, -0.25) is 14.4 Å². The summed E-state index contributed by atoms with van der Waals surface area (Å²) < 4.78 is 32.7. The lowest BCUT2D eigenvalue weighted by Gasteiger charge is -2.23. The second kappa shape index (κ2) is 5.88. The second-order valence-electron chi connectivity index (χ2n) is 5.00. The highest BCUT2D eigenvalue weighted by Gasteiger charge is 2.29. The SMILES string of the molecule is O=[N+]([O-])c1cccc(S(=O)(=O)N2CCCOc3ccccc32)c1. The lowest BCUT2D eigenvalue weighted by atomic mass is 10.3. The number of fused-ring (bicyclic) bond motifs is 1. The van der Waals surface area contributed by atoms with E-state index in [-0.39, 0.29) is 17.1 Å². The molecule has 0 amide bonds. The molecule has 3 rings (SSSR count). The summed E-state index contributed by atoms with van der Waals surface area (Å²) in [6.07, 6.45) is 0.531. The lowest BCUT2D eigenvalue weighted by molar-refractivity contribution is -0.385. The number of nitrogens with zero attached hydrogens (tertiary/aromatic N) is 2.